The number of aryl methyl sites for hydroxylation is 2. The van der Waals surface area contributed by atoms with Crippen LogP contribution in [-0.4, -0.2) is 15.6 Å². The molecule has 30 heavy (non-hydrogen) atoms. The molecular weight excluding hydrogens is 482 g/mol. The minimum atomic E-state index is -0.140. The summed E-state index contributed by atoms with van der Waals surface area (Å²) >= 11 is 10.8. The van der Waals surface area contributed by atoms with Gasteiger partial charge in [-0.3, -0.25) is 4.79 Å². The minimum Gasteiger partial charge on any atom is -0.318 e. The van der Waals surface area contributed by atoms with Crippen LogP contribution < -0.4 is 5.32 Å². The van der Waals surface area contributed by atoms with Gasteiger partial charge in [-0.15, -0.1) is 0 Å². The third-order valence-corrected chi connectivity index (χ3v) is 6.55. The predicted octanol–water partition coefficient (Wildman–Crippen LogP) is 6.71. The van der Waals surface area contributed by atoms with Crippen molar-refractivity contribution in [2.24, 2.45) is 4.99 Å². The molecule has 1 aliphatic heterocycles. The van der Waals surface area contributed by atoms with E-state index < -0.39 is 0 Å². The van der Waals surface area contributed by atoms with Crippen LogP contribution in [0.25, 0.3) is 11.8 Å². The van der Waals surface area contributed by atoms with E-state index in [0.29, 0.717) is 15.1 Å². The zero-order valence-corrected chi connectivity index (χ0v) is 19.8. The van der Waals surface area contributed by atoms with Gasteiger partial charge in [0, 0.05) is 26.6 Å². The summed E-state index contributed by atoms with van der Waals surface area (Å²) < 4.78 is 3.22. The Kier molecular flexibility index (Phi) is 5.91. The van der Waals surface area contributed by atoms with Crippen molar-refractivity contribution in [2.75, 3.05) is 0 Å². The van der Waals surface area contributed by atoms with Crippen LogP contribution in [0.5, 0.6) is 0 Å². The van der Waals surface area contributed by atoms with Gasteiger partial charge in [0.1, 0.15) is 0 Å². The molecule has 2 heterocycles. The highest BCUT2D eigenvalue weighted by molar-refractivity contribution is 9.10. The highest BCUT2D eigenvalue weighted by Gasteiger charge is 2.25. The van der Waals surface area contributed by atoms with Crippen LogP contribution in [0.1, 0.15) is 22.5 Å². The van der Waals surface area contributed by atoms with E-state index in [1.165, 1.54) is 11.8 Å². The SMILES string of the molecule is Cc1cc(Cl)ccc1N=C1NC(=O)/C(=C/c2cc(C)n(-c3ccc(Br)cc3)c2C)S1. The highest BCUT2D eigenvalue weighted by atomic mass is 79.9. The second-order valence-corrected chi connectivity index (χ2v) is 9.43. The summed E-state index contributed by atoms with van der Waals surface area (Å²) in [7, 11) is 0. The van der Waals surface area contributed by atoms with Crippen molar-refractivity contribution in [1.82, 2.24) is 9.88 Å². The summed E-state index contributed by atoms with van der Waals surface area (Å²) in [6.07, 6.45) is 1.93. The van der Waals surface area contributed by atoms with Crippen molar-refractivity contribution in [3.05, 3.63) is 85.4 Å². The quantitative estimate of drug-likeness (QED) is 0.406. The zero-order valence-electron chi connectivity index (χ0n) is 16.7. The fourth-order valence-corrected chi connectivity index (χ4v) is 4.71. The molecule has 2 aromatic carbocycles. The molecule has 152 valence electrons. The minimum absolute atomic E-state index is 0.140. The van der Waals surface area contributed by atoms with E-state index in [1.807, 2.05) is 37.3 Å². The van der Waals surface area contributed by atoms with Gasteiger partial charge < -0.3 is 9.88 Å². The standard InChI is InChI=1S/C23H19BrClN3OS/c1-13-10-18(25)6-9-20(13)26-23-27-22(29)21(30-23)12-16-11-14(2)28(15(16)3)19-7-4-17(24)5-8-19/h4-12H,1-3H3,(H,26,27,29)/b21-12-. The molecule has 0 bridgehead atoms. The molecule has 1 amide bonds. The summed E-state index contributed by atoms with van der Waals surface area (Å²) in [5, 5.41) is 4.09. The van der Waals surface area contributed by atoms with Crippen LogP contribution in [0.4, 0.5) is 5.69 Å². The topological polar surface area (TPSA) is 46.4 Å². The first-order chi connectivity index (χ1) is 14.3. The van der Waals surface area contributed by atoms with E-state index >= 15 is 0 Å². The Hall–Kier alpha value is -2.28. The second kappa shape index (κ2) is 8.46. The van der Waals surface area contributed by atoms with Gasteiger partial charge in [0.15, 0.2) is 5.17 Å². The van der Waals surface area contributed by atoms with Gasteiger partial charge in [-0.25, -0.2) is 4.99 Å². The number of hydrogen-bond acceptors (Lipinski definition) is 3. The molecule has 1 saturated heterocycles. The summed E-state index contributed by atoms with van der Waals surface area (Å²) in [5.41, 5.74) is 6.03. The van der Waals surface area contributed by atoms with Gasteiger partial charge in [-0.05, 0) is 98.3 Å². The Bertz CT molecular complexity index is 1210. The molecule has 4 rings (SSSR count). The maximum absolute atomic E-state index is 12.5. The van der Waals surface area contributed by atoms with E-state index in [1.54, 1.807) is 6.07 Å². The lowest BCUT2D eigenvalue weighted by atomic mass is 10.2. The highest BCUT2D eigenvalue weighted by Crippen LogP contribution is 2.32. The van der Waals surface area contributed by atoms with Gasteiger partial charge in [0.2, 0.25) is 0 Å². The predicted molar refractivity (Wildman–Crippen MR) is 130 cm³/mol. The summed E-state index contributed by atoms with van der Waals surface area (Å²) in [6, 6.07) is 15.8. The molecule has 3 aromatic rings. The Balaban J connectivity index is 1.64. The first kappa shape index (κ1) is 21.0. The van der Waals surface area contributed by atoms with E-state index in [4.69, 9.17) is 11.6 Å². The molecule has 1 fully saturated rings. The first-order valence-electron chi connectivity index (χ1n) is 9.32. The number of amidine groups is 1. The Morgan fingerprint density at radius 1 is 1.10 bits per heavy atom. The van der Waals surface area contributed by atoms with Crippen molar-refractivity contribution in [3.63, 3.8) is 0 Å². The van der Waals surface area contributed by atoms with Gasteiger partial charge >= 0.3 is 0 Å². The van der Waals surface area contributed by atoms with Gasteiger partial charge in [0.05, 0.1) is 10.6 Å². The number of nitrogens with zero attached hydrogens (tertiary/aromatic N) is 2. The number of aliphatic imine (C=N–C) groups is 1. The third-order valence-electron chi connectivity index (χ3n) is 4.87. The number of halogens is 2. The van der Waals surface area contributed by atoms with E-state index in [9.17, 15) is 4.79 Å². The van der Waals surface area contributed by atoms with Crippen LogP contribution in [0.2, 0.25) is 5.02 Å². The molecule has 4 nitrogen and oxygen atoms in total. The smallest absolute Gasteiger partial charge is 0.264 e. The van der Waals surface area contributed by atoms with Crippen molar-refractivity contribution in [1.29, 1.82) is 0 Å². The Labute approximate surface area is 193 Å². The van der Waals surface area contributed by atoms with Crippen LogP contribution >= 0.6 is 39.3 Å². The molecule has 1 aliphatic rings. The molecule has 0 atom stereocenters. The number of hydrogen-bond donors (Lipinski definition) is 1. The average Bonchev–Trinajstić information content (AvgIpc) is 3.17. The lowest BCUT2D eigenvalue weighted by molar-refractivity contribution is -0.115. The molecule has 0 saturated carbocycles. The molecule has 1 N–H and O–H groups in total. The molecular formula is C23H19BrClN3OS. The molecule has 0 unspecified atom stereocenters. The number of rotatable bonds is 3. The molecule has 0 radical (unpaired) electrons. The zero-order chi connectivity index (χ0) is 21.4. The molecule has 1 aromatic heterocycles. The maximum Gasteiger partial charge on any atom is 0.264 e. The number of aromatic nitrogens is 1. The largest absolute Gasteiger partial charge is 0.318 e. The average molecular weight is 501 g/mol. The maximum atomic E-state index is 12.5. The summed E-state index contributed by atoms with van der Waals surface area (Å²) in [4.78, 5) is 17.7. The summed E-state index contributed by atoms with van der Waals surface area (Å²) in [6.45, 7) is 6.07. The monoisotopic (exact) mass is 499 g/mol. The number of benzene rings is 2. The number of amides is 1. The number of carbonyl (C=O) groups is 1. The van der Waals surface area contributed by atoms with E-state index in [0.717, 1.165) is 38.4 Å². The van der Waals surface area contributed by atoms with Crippen LogP contribution in [0.3, 0.4) is 0 Å². The number of carbonyl (C=O) groups excluding carboxylic acids is 1. The van der Waals surface area contributed by atoms with Crippen molar-refractivity contribution >= 4 is 62.1 Å². The second-order valence-electron chi connectivity index (χ2n) is 7.05. The first-order valence-corrected chi connectivity index (χ1v) is 11.3. The number of nitrogens with one attached hydrogen (secondary N) is 1. The fraction of sp³-hybridized carbons (Fsp3) is 0.130. The molecule has 0 aliphatic carbocycles. The van der Waals surface area contributed by atoms with Crippen LogP contribution in [0.15, 0.2) is 62.9 Å². The lowest BCUT2D eigenvalue weighted by Crippen LogP contribution is -2.19. The van der Waals surface area contributed by atoms with Gasteiger partial charge in [-0.1, -0.05) is 27.5 Å². The van der Waals surface area contributed by atoms with Crippen LogP contribution in [-0.2, 0) is 4.79 Å². The summed E-state index contributed by atoms with van der Waals surface area (Å²) in [5.74, 6) is -0.140. The lowest BCUT2D eigenvalue weighted by Gasteiger charge is -2.09. The van der Waals surface area contributed by atoms with E-state index in [-0.39, 0.29) is 5.91 Å². The third kappa shape index (κ3) is 4.26. The van der Waals surface area contributed by atoms with Crippen molar-refractivity contribution in [3.8, 4) is 5.69 Å². The number of thioether (sulfide) groups is 1. The van der Waals surface area contributed by atoms with Crippen molar-refractivity contribution in [2.45, 2.75) is 20.8 Å². The normalized spacial score (nSPS) is 16.5. The molecule has 7 heteroatoms. The molecule has 0 spiro atoms. The Morgan fingerprint density at radius 3 is 2.53 bits per heavy atom. The van der Waals surface area contributed by atoms with E-state index in [2.05, 4.69) is 62.9 Å². The Morgan fingerprint density at radius 2 is 1.83 bits per heavy atom. The van der Waals surface area contributed by atoms with Gasteiger partial charge in [0.25, 0.3) is 5.91 Å². The van der Waals surface area contributed by atoms with Crippen LogP contribution in [0, 0.1) is 20.8 Å². The van der Waals surface area contributed by atoms with Crippen molar-refractivity contribution < 1.29 is 4.79 Å². The fourth-order valence-electron chi connectivity index (χ4n) is 3.40. The van der Waals surface area contributed by atoms with Gasteiger partial charge in [-0.2, -0.15) is 0 Å².